The Hall–Kier alpha value is -0.920. The smallest absolute Gasteiger partial charge is 0.258 e. The normalized spacial score (nSPS) is 14.8. The first-order valence-corrected chi connectivity index (χ1v) is 8.92. The largest absolute Gasteiger partial charge is 0.358 e. The number of fused-ring (bicyclic) bond motifs is 1. The Morgan fingerprint density at radius 1 is 1.38 bits per heavy atom. The quantitative estimate of drug-likeness (QED) is 0.744. The van der Waals surface area contributed by atoms with Gasteiger partial charge < -0.3 is 4.90 Å². The number of rotatable bonds is 2. The molecule has 0 amide bonds. The molecule has 1 aliphatic rings. The first-order chi connectivity index (χ1) is 10.1. The molecule has 7 heteroatoms. The number of thiocarbonyl (C=S) groups is 1. The van der Waals surface area contributed by atoms with E-state index in [0.717, 1.165) is 27.6 Å². The van der Waals surface area contributed by atoms with Crippen LogP contribution in [0.1, 0.15) is 18.5 Å². The minimum absolute atomic E-state index is 0.0657. The summed E-state index contributed by atoms with van der Waals surface area (Å²) >= 11 is 10.4. The number of thioether (sulfide) groups is 1. The number of likely N-dealkylation sites (tertiary alicyclic amines) is 1. The predicted octanol–water partition coefficient (Wildman–Crippen LogP) is 3.07. The van der Waals surface area contributed by atoms with Gasteiger partial charge in [-0.05, 0) is 40.9 Å². The summed E-state index contributed by atoms with van der Waals surface area (Å²) in [6, 6.07) is 5.30. The van der Waals surface area contributed by atoms with Gasteiger partial charge in [-0.25, -0.2) is 4.98 Å². The molecular formula is C14H14BrN3OS2. The Morgan fingerprint density at radius 2 is 2.14 bits per heavy atom. The van der Waals surface area contributed by atoms with Crippen LogP contribution in [0, 0.1) is 0 Å². The third kappa shape index (κ3) is 3.46. The standard InChI is InChI=1S/C14H14BrN3OS2/c15-10-3-4-12-16-11(7-13(19)18(12)8-10)9-21-14(20)17-5-1-2-6-17/h3-4,7-8H,1-2,5-6,9H2. The molecule has 110 valence electrons. The van der Waals surface area contributed by atoms with Crippen molar-refractivity contribution >= 4 is 49.9 Å². The summed E-state index contributed by atoms with van der Waals surface area (Å²) in [5, 5.41) is 0. The Kier molecular flexibility index (Phi) is 4.61. The average Bonchev–Trinajstić information content (AvgIpc) is 3.00. The molecule has 0 unspecified atom stereocenters. The zero-order chi connectivity index (χ0) is 14.8. The maximum Gasteiger partial charge on any atom is 0.258 e. The molecule has 1 fully saturated rings. The molecule has 0 atom stereocenters. The van der Waals surface area contributed by atoms with E-state index in [-0.39, 0.29) is 5.56 Å². The lowest BCUT2D eigenvalue weighted by molar-refractivity contribution is 0.539. The molecular weight excluding hydrogens is 370 g/mol. The van der Waals surface area contributed by atoms with Crippen molar-refractivity contribution in [2.24, 2.45) is 0 Å². The first-order valence-electron chi connectivity index (χ1n) is 6.73. The number of hydrogen-bond donors (Lipinski definition) is 0. The second-order valence-electron chi connectivity index (χ2n) is 4.91. The Labute approximate surface area is 140 Å². The number of hydrogen-bond acceptors (Lipinski definition) is 4. The van der Waals surface area contributed by atoms with Gasteiger partial charge in [0.25, 0.3) is 5.56 Å². The Balaban J connectivity index is 1.76. The van der Waals surface area contributed by atoms with Gasteiger partial charge in [-0.15, -0.1) is 0 Å². The van der Waals surface area contributed by atoms with E-state index in [2.05, 4.69) is 25.8 Å². The molecule has 2 aromatic rings. The number of halogens is 1. The molecule has 1 aliphatic heterocycles. The van der Waals surface area contributed by atoms with Gasteiger partial charge in [-0.1, -0.05) is 24.0 Å². The van der Waals surface area contributed by atoms with Gasteiger partial charge in [-0.2, -0.15) is 0 Å². The summed E-state index contributed by atoms with van der Waals surface area (Å²) in [4.78, 5) is 18.8. The highest BCUT2D eigenvalue weighted by Crippen LogP contribution is 2.19. The lowest BCUT2D eigenvalue weighted by Crippen LogP contribution is -2.23. The van der Waals surface area contributed by atoms with E-state index in [4.69, 9.17) is 12.2 Å². The molecule has 0 radical (unpaired) electrons. The van der Waals surface area contributed by atoms with Crippen molar-refractivity contribution in [3.8, 4) is 0 Å². The van der Waals surface area contributed by atoms with Crippen LogP contribution in [0.15, 0.2) is 33.7 Å². The van der Waals surface area contributed by atoms with Crippen molar-refractivity contribution in [1.29, 1.82) is 0 Å². The van der Waals surface area contributed by atoms with Crippen LogP contribution in [0.4, 0.5) is 0 Å². The summed E-state index contributed by atoms with van der Waals surface area (Å²) < 4.78 is 3.30. The van der Waals surface area contributed by atoms with Crippen molar-refractivity contribution in [2.45, 2.75) is 18.6 Å². The maximum atomic E-state index is 12.1. The SMILES string of the molecule is O=c1cc(CSC(=S)N2CCCC2)nc2ccc(Br)cn12. The summed E-state index contributed by atoms with van der Waals surface area (Å²) in [5.41, 5.74) is 1.37. The molecule has 4 nitrogen and oxygen atoms in total. The topological polar surface area (TPSA) is 37.6 Å². The second-order valence-corrected chi connectivity index (χ2v) is 7.43. The van der Waals surface area contributed by atoms with Crippen LogP contribution in [0.2, 0.25) is 0 Å². The summed E-state index contributed by atoms with van der Waals surface area (Å²) in [6.07, 6.45) is 4.16. The maximum absolute atomic E-state index is 12.1. The fraction of sp³-hybridized carbons (Fsp3) is 0.357. The van der Waals surface area contributed by atoms with E-state index in [1.54, 1.807) is 24.0 Å². The van der Waals surface area contributed by atoms with E-state index in [0.29, 0.717) is 11.4 Å². The third-order valence-corrected chi connectivity index (χ3v) is 5.41. The van der Waals surface area contributed by atoms with Crippen LogP contribution in [0.25, 0.3) is 5.65 Å². The van der Waals surface area contributed by atoms with Gasteiger partial charge in [0.2, 0.25) is 0 Å². The van der Waals surface area contributed by atoms with Crippen LogP contribution < -0.4 is 5.56 Å². The fourth-order valence-corrected chi connectivity index (χ4v) is 3.81. The summed E-state index contributed by atoms with van der Waals surface area (Å²) in [7, 11) is 0. The van der Waals surface area contributed by atoms with Gasteiger partial charge in [-0.3, -0.25) is 9.20 Å². The fourth-order valence-electron chi connectivity index (χ4n) is 2.33. The minimum Gasteiger partial charge on any atom is -0.358 e. The van der Waals surface area contributed by atoms with E-state index in [1.807, 2.05) is 12.1 Å². The average molecular weight is 384 g/mol. The van der Waals surface area contributed by atoms with Gasteiger partial charge in [0.1, 0.15) is 9.97 Å². The summed E-state index contributed by atoms with van der Waals surface area (Å²) in [6.45, 7) is 2.10. The number of nitrogens with zero attached hydrogens (tertiary/aromatic N) is 3. The minimum atomic E-state index is -0.0657. The van der Waals surface area contributed by atoms with E-state index >= 15 is 0 Å². The zero-order valence-electron chi connectivity index (χ0n) is 11.3. The molecule has 0 saturated carbocycles. The van der Waals surface area contributed by atoms with Crippen LogP contribution >= 0.6 is 39.9 Å². The van der Waals surface area contributed by atoms with E-state index in [9.17, 15) is 4.79 Å². The third-order valence-electron chi connectivity index (χ3n) is 3.38. The lowest BCUT2D eigenvalue weighted by atomic mass is 10.4. The van der Waals surface area contributed by atoms with Gasteiger partial charge in [0.15, 0.2) is 0 Å². The highest BCUT2D eigenvalue weighted by molar-refractivity contribution is 9.10. The van der Waals surface area contributed by atoms with Crippen LogP contribution in [-0.4, -0.2) is 31.7 Å². The van der Waals surface area contributed by atoms with Gasteiger partial charge in [0, 0.05) is 35.6 Å². The van der Waals surface area contributed by atoms with Crippen molar-refractivity contribution in [3.05, 3.63) is 44.9 Å². The van der Waals surface area contributed by atoms with Crippen molar-refractivity contribution in [3.63, 3.8) is 0 Å². The molecule has 0 bridgehead atoms. The molecule has 1 saturated heterocycles. The molecule has 3 rings (SSSR count). The molecule has 0 spiro atoms. The Morgan fingerprint density at radius 3 is 2.90 bits per heavy atom. The zero-order valence-corrected chi connectivity index (χ0v) is 14.5. The highest BCUT2D eigenvalue weighted by Gasteiger charge is 2.15. The van der Waals surface area contributed by atoms with Crippen LogP contribution in [0.3, 0.4) is 0 Å². The molecule has 3 heterocycles. The molecule has 0 aliphatic carbocycles. The highest BCUT2D eigenvalue weighted by atomic mass is 79.9. The number of aromatic nitrogens is 2. The van der Waals surface area contributed by atoms with Crippen LogP contribution in [0.5, 0.6) is 0 Å². The molecule has 0 aromatic carbocycles. The molecule has 2 aromatic heterocycles. The van der Waals surface area contributed by atoms with Gasteiger partial charge >= 0.3 is 0 Å². The predicted molar refractivity (Wildman–Crippen MR) is 93.9 cm³/mol. The lowest BCUT2D eigenvalue weighted by Gasteiger charge is -2.17. The Bertz CT molecular complexity index is 741. The number of pyridine rings is 1. The molecule has 0 N–H and O–H groups in total. The van der Waals surface area contributed by atoms with E-state index < -0.39 is 0 Å². The summed E-state index contributed by atoms with van der Waals surface area (Å²) in [5.74, 6) is 0.636. The molecule has 21 heavy (non-hydrogen) atoms. The second kappa shape index (κ2) is 6.46. The van der Waals surface area contributed by atoms with Crippen molar-refractivity contribution in [1.82, 2.24) is 14.3 Å². The van der Waals surface area contributed by atoms with E-state index in [1.165, 1.54) is 17.2 Å². The monoisotopic (exact) mass is 383 g/mol. The van der Waals surface area contributed by atoms with Gasteiger partial charge in [0.05, 0.1) is 5.69 Å². The van der Waals surface area contributed by atoms with Crippen molar-refractivity contribution in [2.75, 3.05) is 13.1 Å². The van der Waals surface area contributed by atoms with Crippen molar-refractivity contribution < 1.29 is 0 Å². The van der Waals surface area contributed by atoms with Crippen LogP contribution in [-0.2, 0) is 5.75 Å². The first kappa shape index (κ1) is 15.0.